The number of nitrogens with zero attached hydrogens (tertiary/aromatic N) is 1. The van der Waals surface area contributed by atoms with Gasteiger partial charge in [0.25, 0.3) is 5.91 Å². The third kappa shape index (κ3) is 3.39. The van der Waals surface area contributed by atoms with Crippen LogP contribution in [0.5, 0.6) is 5.75 Å². The van der Waals surface area contributed by atoms with Crippen LogP contribution in [-0.2, 0) is 5.54 Å². The van der Waals surface area contributed by atoms with Crippen molar-refractivity contribution in [2.24, 2.45) is 0 Å². The fourth-order valence-corrected chi connectivity index (χ4v) is 2.60. The van der Waals surface area contributed by atoms with E-state index in [0.29, 0.717) is 16.3 Å². The first-order valence-corrected chi connectivity index (χ1v) is 7.31. The molecule has 0 unspecified atom stereocenters. The minimum atomic E-state index is -0.603. The van der Waals surface area contributed by atoms with E-state index in [9.17, 15) is 4.79 Å². The summed E-state index contributed by atoms with van der Waals surface area (Å²) >= 11 is 6.23. The number of ether oxygens (including phenoxy) is 1. The third-order valence-electron chi connectivity index (χ3n) is 3.45. The van der Waals surface area contributed by atoms with Crippen LogP contribution < -0.4 is 10.1 Å². The van der Waals surface area contributed by atoms with Gasteiger partial charge in [0.2, 0.25) is 0 Å². The van der Waals surface area contributed by atoms with Gasteiger partial charge in [0, 0.05) is 6.20 Å². The van der Waals surface area contributed by atoms with Gasteiger partial charge in [0.15, 0.2) is 0 Å². The first kappa shape index (κ1) is 16.3. The minimum absolute atomic E-state index is 0.235. The van der Waals surface area contributed by atoms with Gasteiger partial charge in [-0.2, -0.15) is 0 Å². The predicted molar refractivity (Wildman–Crippen MR) is 87.5 cm³/mol. The number of aryl methyl sites for hydroxylation is 1. The molecule has 0 atom stereocenters. The Bertz CT molecular complexity index is 661. The van der Waals surface area contributed by atoms with Crippen molar-refractivity contribution in [1.29, 1.82) is 0 Å². The smallest absolute Gasteiger partial charge is 0.253 e. The number of nitrogens with one attached hydrogen (secondary N) is 1. The van der Waals surface area contributed by atoms with E-state index in [1.54, 1.807) is 25.4 Å². The Balaban J connectivity index is 2.30. The van der Waals surface area contributed by atoms with Gasteiger partial charge in [-0.15, -0.1) is 0 Å². The van der Waals surface area contributed by atoms with Crippen molar-refractivity contribution in [2.45, 2.75) is 26.3 Å². The monoisotopic (exact) mass is 318 g/mol. The molecule has 0 radical (unpaired) electrons. The molecule has 0 aliphatic carbocycles. The van der Waals surface area contributed by atoms with Crippen molar-refractivity contribution in [2.75, 3.05) is 7.11 Å². The Morgan fingerprint density at radius 1 is 1.32 bits per heavy atom. The number of rotatable bonds is 4. The molecule has 0 aliphatic heterocycles. The highest BCUT2D eigenvalue weighted by atomic mass is 35.5. The maximum atomic E-state index is 12.6. The molecule has 5 heteroatoms. The van der Waals surface area contributed by atoms with E-state index >= 15 is 0 Å². The Morgan fingerprint density at radius 3 is 2.59 bits per heavy atom. The molecule has 0 saturated heterocycles. The zero-order chi connectivity index (χ0) is 16.3. The number of methoxy groups -OCH3 is 1. The molecule has 4 nitrogen and oxygen atoms in total. The molecule has 0 saturated carbocycles. The molecule has 116 valence electrons. The van der Waals surface area contributed by atoms with Crippen molar-refractivity contribution >= 4 is 17.5 Å². The van der Waals surface area contributed by atoms with E-state index in [4.69, 9.17) is 16.3 Å². The predicted octanol–water partition coefficient (Wildman–Crippen LogP) is 3.72. The summed E-state index contributed by atoms with van der Waals surface area (Å²) < 4.78 is 5.15. The maximum Gasteiger partial charge on any atom is 0.253 e. The average Bonchev–Trinajstić information content (AvgIpc) is 2.46. The number of pyridine rings is 1. The lowest BCUT2D eigenvalue weighted by atomic mass is 9.98. The normalized spacial score (nSPS) is 11.1. The van der Waals surface area contributed by atoms with Gasteiger partial charge in [0.05, 0.1) is 28.9 Å². The van der Waals surface area contributed by atoms with Gasteiger partial charge < -0.3 is 10.1 Å². The van der Waals surface area contributed by atoms with E-state index in [1.165, 1.54) is 0 Å². The lowest BCUT2D eigenvalue weighted by Gasteiger charge is -2.26. The second-order valence-electron chi connectivity index (χ2n) is 5.60. The number of benzene rings is 1. The first-order valence-electron chi connectivity index (χ1n) is 6.93. The molecule has 1 heterocycles. The summed E-state index contributed by atoms with van der Waals surface area (Å²) in [5, 5.41) is 3.35. The molecule has 0 spiro atoms. The number of halogens is 1. The number of carbonyl (C=O) groups excluding carboxylic acids is 1. The van der Waals surface area contributed by atoms with Crippen molar-refractivity contribution in [3.8, 4) is 5.75 Å². The van der Waals surface area contributed by atoms with Crippen LogP contribution in [0.15, 0.2) is 36.5 Å². The fourth-order valence-electron chi connectivity index (χ4n) is 2.26. The van der Waals surface area contributed by atoms with Crippen LogP contribution in [0.2, 0.25) is 5.02 Å². The largest absolute Gasteiger partial charge is 0.497 e. The van der Waals surface area contributed by atoms with Crippen molar-refractivity contribution < 1.29 is 9.53 Å². The van der Waals surface area contributed by atoms with Crippen LogP contribution in [0.3, 0.4) is 0 Å². The maximum absolute atomic E-state index is 12.6. The lowest BCUT2D eigenvalue weighted by Crippen LogP contribution is -2.42. The van der Waals surface area contributed by atoms with Gasteiger partial charge in [-0.1, -0.05) is 17.7 Å². The van der Waals surface area contributed by atoms with Crippen molar-refractivity contribution in [3.63, 3.8) is 0 Å². The number of hydrogen-bond acceptors (Lipinski definition) is 3. The highest BCUT2D eigenvalue weighted by molar-refractivity contribution is 6.34. The van der Waals surface area contributed by atoms with E-state index in [2.05, 4.69) is 10.3 Å². The van der Waals surface area contributed by atoms with E-state index in [-0.39, 0.29) is 5.91 Å². The SMILES string of the molecule is COc1cc(C)c(C(=O)NC(C)(C)c2ccccn2)c(Cl)c1. The highest BCUT2D eigenvalue weighted by Crippen LogP contribution is 2.27. The van der Waals surface area contributed by atoms with Crippen molar-refractivity contribution in [3.05, 3.63) is 58.4 Å². The molecule has 0 fully saturated rings. The average molecular weight is 319 g/mol. The minimum Gasteiger partial charge on any atom is -0.497 e. The second-order valence-corrected chi connectivity index (χ2v) is 6.00. The van der Waals surface area contributed by atoms with Gasteiger partial charge in [-0.3, -0.25) is 9.78 Å². The number of aromatic nitrogens is 1. The quantitative estimate of drug-likeness (QED) is 0.934. The van der Waals surface area contributed by atoms with Gasteiger partial charge >= 0.3 is 0 Å². The summed E-state index contributed by atoms with van der Waals surface area (Å²) in [4.78, 5) is 16.9. The summed E-state index contributed by atoms with van der Waals surface area (Å²) in [5.41, 5.74) is 1.39. The van der Waals surface area contributed by atoms with Crippen LogP contribution in [-0.4, -0.2) is 18.0 Å². The Hall–Kier alpha value is -2.07. The number of hydrogen-bond donors (Lipinski definition) is 1. The van der Waals surface area contributed by atoms with Crippen LogP contribution in [0.4, 0.5) is 0 Å². The second kappa shape index (κ2) is 6.36. The Labute approximate surface area is 135 Å². The molecule has 1 aromatic carbocycles. The summed E-state index contributed by atoms with van der Waals surface area (Å²) in [6, 6.07) is 9.03. The highest BCUT2D eigenvalue weighted by Gasteiger charge is 2.26. The molecule has 22 heavy (non-hydrogen) atoms. The van der Waals surface area contributed by atoms with Crippen LogP contribution in [0, 0.1) is 6.92 Å². The topological polar surface area (TPSA) is 51.2 Å². The van der Waals surface area contributed by atoms with Gasteiger partial charge in [-0.25, -0.2) is 0 Å². The molecular formula is C17H19ClN2O2. The molecule has 1 amide bonds. The first-order chi connectivity index (χ1) is 10.3. The number of amides is 1. The van der Waals surface area contributed by atoms with E-state index < -0.39 is 5.54 Å². The summed E-state index contributed by atoms with van der Waals surface area (Å²) in [6.45, 7) is 5.64. The summed E-state index contributed by atoms with van der Waals surface area (Å²) in [7, 11) is 1.56. The summed E-state index contributed by atoms with van der Waals surface area (Å²) in [5.74, 6) is 0.392. The molecule has 1 N–H and O–H groups in total. The Kier molecular flexibility index (Phi) is 4.71. The zero-order valence-corrected chi connectivity index (χ0v) is 13.9. The fraction of sp³-hybridized carbons (Fsp3) is 0.294. The zero-order valence-electron chi connectivity index (χ0n) is 13.1. The van der Waals surface area contributed by atoms with Gasteiger partial charge in [0.1, 0.15) is 5.75 Å². The molecule has 0 bridgehead atoms. The molecule has 0 aliphatic rings. The lowest BCUT2D eigenvalue weighted by molar-refractivity contribution is 0.0910. The molecular weight excluding hydrogens is 300 g/mol. The number of carbonyl (C=O) groups is 1. The van der Waals surface area contributed by atoms with Crippen LogP contribution in [0.25, 0.3) is 0 Å². The van der Waals surface area contributed by atoms with Crippen molar-refractivity contribution in [1.82, 2.24) is 10.3 Å². The van der Waals surface area contributed by atoms with E-state index in [0.717, 1.165) is 11.3 Å². The van der Waals surface area contributed by atoms with Crippen LogP contribution in [0.1, 0.15) is 35.5 Å². The molecule has 1 aromatic heterocycles. The molecule has 2 aromatic rings. The standard InChI is InChI=1S/C17H19ClN2O2/c1-11-9-12(22-4)10-13(18)15(11)16(21)20-17(2,3)14-7-5-6-8-19-14/h5-10H,1-4H3,(H,20,21). The molecule has 2 rings (SSSR count). The Morgan fingerprint density at radius 2 is 2.05 bits per heavy atom. The van der Waals surface area contributed by atoms with Gasteiger partial charge in [-0.05, 0) is 50.6 Å². The van der Waals surface area contributed by atoms with Crippen LogP contribution >= 0.6 is 11.6 Å². The summed E-state index contributed by atoms with van der Waals surface area (Å²) in [6.07, 6.45) is 1.70. The van der Waals surface area contributed by atoms with E-state index in [1.807, 2.05) is 39.0 Å². The third-order valence-corrected chi connectivity index (χ3v) is 3.75.